The molecular formula is C19H30N2O3. The van der Waals surface area contributed by atoms with E-state index >= 15 is 0 Å². The number of aromatic nitrogens is 1. The van der Waals surface area contributed by atoms with E-state index in [2.05, 4.69) is 21.6 Å². The van der Waals surface area contributed by atoms with Crippen molar-refractivity contribution in [3.8, 4) is 0 Å². The molecule has 0 atom stereocenters. The van der Waals surface area contributed by atoms with E-state index in [0.29, 0.717) is 12.2 Å². The average Bonchev–Trinajstić information content (AvgIpc) is 2.51. The number of allylic oxidation sites excluding steroid dienone is 1. The third kappa shape index (κ3) is 8.46. The molecule has 0 saturated carbocycles. The Morgan fingerprint density at radius 1 is 1.42 bits per heavy atom. The van der Waals surface area contributed by atoms with E-state index in [1.54, 1.807) is 6.20 Å². The average molecular weight is 334 g/mol. The Bertz CT molecular complexity index is 546. The number of nitrogens with zero attached hydrogens (tertiary/aromatic N) is 1. The van der Waals surface area contributed by atoms with Gasteiger partial charge in [-0.05, 0) is 45.2 Å². The summed E-state index contributed by atoms with van der Waals surface area (Å²) in [7, 11) is 1.81. The zero-order chi connectivity index (χ0) is 18.8. The number of ketones is 1. The molecular weight excluding hydrogens is 304 g/mol. The first-order valence-electron chi connectivity index (χ1n) is 8.09. The molecule has 0 aromatic carbocycles. The number of ether oxygens (including phenoxy) is 1. The van der Waals surface area contributed by atoms with Gasteiger partial charge in [0.15, 0.2) is 5.78 Å². The Labute approximate surface area is 145 Å². The second-order valence-corrected chi connectivity index (χ2v) is 6.66. The zero-order valence-electron chi connectivity index (χ0n) is 15.7. The molecule has 24 heavy (non-hydrogen) atoms. The summed E-state index contributed by atoms with van der Waals surface area (Å²) in [6.07, 6.45) is 5.48. The van der Waals surface area contributed by atoms with Crippen LogP contribution in [0.1, 0.15) is 57.1 Å². The first-order chi connectivity index (χ1) is 11.2. The fourth-order valence-electron chi connectivity index (χ4n) is 1.72. The normalized spacial score (nSPS) is 10.5. The lowest BCUT2D eigenvalue weighted by atomic mass is 10.0. The Kier molecular flexibility index (Phi) is 9.62. The summed E-state index contributed by atoms with van der Waals surface area (Å²) in [5, 5.41) is 3.04. The smallest absolute Gasteiger partial charge is 0.293 e. The van der Waals surface area contributed by atoms with Gasteiger partial charge in [0.2, 0.25) is 0 Å². The predicted octanol–water partition coefficient (Wildman–Crippen LogP) is 4.04. The highest BCUT2D eigenvalue weighted by atomic mass is 16.5. The Hall–Kier alpha value is -2.17. The molecule has 5 heteroatoms. The molecule has 0 aliphatic heterocycles. The predicted molar refractivity (Wildman–Crippen MR) is 98.4 cm³/mol. The third-order valence-electron chi connectivity index (χ3n) is 3.01. The van der Waals surface area contributed by atoms with Gasteiger partial charge in [0.05, 0.1) is 5.69 Å². The molecule has 0 radical (unpaired) electrons. The molecule has 1 aromatic heterocycles. The molecule has 0 spiro atoms. The summed E-state index contributed by atoms with van der Waals surface area (Å²) < 4.78 is 4.55. The van der Waals surface area contributed by atoms with Crippen molar-refractivity contribution in [1.82, 2.24) is 4.98 Å². The second-order valence-electron chi connectivity index (χ2n) is 6.66. The van der Waals surface area contributed by atoms with Gasteiger partial charge in [0.25, 0.3) is 6.47 Å². The third-order valence-corrected chi connectivity index (χ3v) is 3.01. The van der Waals surface area contributed by atoms with Gasteiger partial charge in [-0.2, -0.15) is 0 Å². The number of Topliss-reactive ketones (excluding diaryl/α,β-unsaturated/α-hetero) is 1. The highest BCUT2D eigenvalue weighted by Crippen LogP contribution is 2.19. The number of pyridine rings is 1. The second kappa shape index (κ2) is 10.6. The monoisotopic (exact) mass is 334 g/mol. The lowest BCUT2D eigenvalue weighted by molar-refractivity contribution is -0.138. The van der Waals surface area contributed by atoms with Crippen LogP contribution < -0.4 is 5.32 Å². The quantitative estimate of drug-likeness (QED) is 0.463. The van der Waals surface area contributed by atoms with E-state index < -0.39 is 0 Å². The fourth-order valence-corrected chi connectivity index (χ4v) is 1.72. The van der Waals surface area contributed by atoms with Crippen molar-refractivity contribution < 1.29 is 14.3 Å². The molecule has 134 valence electrons. The molecule has 0 aliphatic rings. The maximum atomic E-state index is 11.9. The van der Waals surface area contributed by atoms with Crippen molar-refractivity contribution in [3.63, 3.8) is 0 Å². The number of carbonyl (C=O) groups excluding carboxylic acids is 2. The van der Waals surface area contributed by atoms with Crippen molar-refractivity contribution >= 4 is 17.9 Å². The molecule has 1 N–H and O–H groups in total. The van der Waals surface area contributed by atoms with Crippen LogP contribution in [0.2, 0.25) is 0 Å². The summed E-state index contributed by atoms with van der Waals surface area (Å²) in [4.78, 5) is 25.8. The minimum atomic E-state index is -0.318. The van der Waals surface area contributed by atoms with Gasteiger partial charge in [-0.15, -0.1) is 6.58 Å². The van der Waals surface area contributed by atoms with Crippen LogP contribution in [0.15, 0.2) is 24.9 Å². The van der Waals surface area contributed by atoms with E-state index in [1.807, 2.05) is 53.8 Å². The van der Waals surface area contributed by atoms with E-state index in [-0.39, 0.29) is 17.3 Å². The number of carbonyl (C=O) groups is 2. The lowest BCUT2D eigenvalue weighted by Crippen LogP contribution is -2.17. The first kappa shape index (κ1) is 21.8. The maximum Gasteiger partial charge on any atom is 0.293 e. The molecule has 5 nitrogen and oxygen atoms in total. The van der Waals surface area contributed by atoms with Crippen molar-refractivity contribution in [2.24, 2.45) is 5.92 Å². The van der Waals surface area contributed by atoms with Crippen LogP contribution in [-0.4, -0.2) is 29.9 Å². The Balaban J connectivity index is 0.000000640. The van der Waals surface area contributed by atoms with Gasteiger partial charge in [0, 0.05) is 19.2 Å². The Morgan fingerprint density at radius 3 is 2.42 bits per heavy atom. The number of rotatable bonds is 7. The fraction of sp³-hybridized carbons (Fsp3) is 0.526. The van der Waals surface area contributed by atoms with Crippen molar-refractivity contribution in [3.05, 3.63) is 36.2 Å². The molecule has 1 heterocycles. The van der Waals surface area contributed by atoms with Gasteiger partial charge in [-0.3, -0.25) is 14.6 Å². The maximum absolute atomic E-state index is 11.9. The SMILES string of the molecule is C=CCCc1cnc(C(=O)C(C)C)c(NC)c1.CC(C)(C)OC=O. The number of anilines is 1. The zero-order valence-corrected chi connectivity index (χ0v) is 15.7. The summed E-state index contributed by atoms with van der Waals surface area (Å²) in [5.41, 5.74) is 2.14. The summed E-state index contributed by atoms with van der Waals surface area (Å²) in [5.74, 6) is 0.0400. The molecule has 1 rings (SSSR count). The van der Waals surface area contributed by atoms with E-state index in [9.17, 15) is 9.59 Å². The highest BCUT2D eigenvalue weighted by Gasteiger charge is 2.16. The van der Waals surface area contributed by atoms with Gasteiger partial charge in [-0.25, -0.2) is 0 Å². The van der Waals surface area contributed by atoms with Crippen molar-refractivity contribution in [1.29, 1.82) is 0 Å². The molecule has 0 unspecified atom stereocenters. The number of hydrogen-bond donors (Lipinski definition) is 1. The van der Waals surface area contributed by atoms with Crippen LogP contribution in [0.5, 0.6) is 0 Å². The van der Waals surface area contributed by atoms with Crippen molar-refractivity contribution in [2.75, 3.05) is 12.4 Å². The summed E-state index contributed by atoms with van der Waals surface area (Å²) >= 11 is 0. The van der Waals surface area contributed by atoms with Gasteiger partial charge < -0.3 is 10.1 Å². The largest absolute Gasteiger partial charge is 0.462 e. The van der Waals surface area contributed by atoms with Crippen LogP contribution in [0.4, 0.5) is 5.69 Å². The van der Waals surface area contributed by atoms with Crippen LogP contribution in [0, 0.1) is 5.92 Å². The van der Waals surface area contributed by atoms with Gasteiger partial charge in [-0.1, -0.05) is 19.9 Å². The highest BCUT2D eigenvalue weighted by molar-refractivity contribution is 6.00. The molecule has 0 bridgehead atoms. The van der Waals surface area contributed by atoms with Gasteiger partial charge >= 0.3 is 0 Å². The van der Waals surface area contributed by atoms with Crippen LogP contribution in [0.3, 0.4) is 0 Å². The van der Waals surface area contributed by atoms with E-state index in [1.165, 1.54) is 0 Å². The minimum absolute atomic E-state index is 0.0337. The lowest BCUT2D eigenvalue weighted by Gasteiger charge is -2.14. The van der Waals surface area contributed by atoms with Crippen LogP contribution in [-0.2, 0) is 16.0 Å². The van der Waals surface area contributed by atoms with E-state index in [4.69, 9.17) is 0 Å². The van der Waals surface area contributed by atoms with Crippen LogP contribution in [0.25, 0.3) is 0 Å². The summed E-state index contributed by atoms with van der Waals surface area (Å²) in [6, 6.07) is 1.99. The molecule has 0 amide bonds. The first-order valence-corrected chi connectivity index (χ1v) is 8.09. The summed E-state index contributed by atoms with van der Waals surface area (Å²) in [6.45, 7) is 13.4. The molecule has 0 fully saturated rings. The van der Waals surface area contributed by atoms with E-state index in [0.717, 1.165) is 24.1 Å². The number of nitrogens with one attached hydrogen (secondary N) is 1. The van der Waals surface area contributed by atoms with Crippen LogP contribution >= 0.6 is 0 Å². The molecule has 0 aliphatic carbocycles. The minimum Gasteiger partial charge on any atom is -0.462 e. The van der Waals surface area contributed by atoms with Gasteiger partial charge in [0.1, 0.15) is 11.3 Å². The standard InChI is InChI=1S/C14H20N2O.C5H10O2/c1-5-6-7-11-8-12(15-4)13(16-9-11)14(17)10(2)3;1-5(2,3)7-4-6/h5,8-10,15H,1,6-7H2,2-4H3;4H,1-3H3. The number of aryl methyl sites for hydroxylation is 1. The molecule has 1 aromatic rings. The van der Waals surface area contributed by atoms with Crippen molar-refractivity contribution in [2.45, 2.75) is 53.1 Å². The number of hydrogen-bond acceptors (Lipinski definition) is 5. The topological polar surface area (TPSA) is 68.3 Å². The Morgan fingerprint density at radius 2 is 2.04 bits per heavy atom. The molecule has 0 saturated heterocycles.